The number of ether oxygens (including phenoxy) is 2. The molecule has 0 spiro atoms. The van der Waals surface area contributed by atoms with E-state index in [4.69, 9.17) is 15.2 Å². The van der Waals surface area contributed by atoms with E-state index in [1.807, 2.05) is 0 Å². The lowest BCUT2D eigenvalue weighted by Gasteiger charge is -2.16. The Labute approximate surface area is 176 Å². The fraction of sp³-hybridized carbons (Fsp3) is 0.182. The fourth-order valence-corrected chi connectivity index (χ4v) is 3.85. The van der Waals surface area contributed by atoms with Crippen molar-refractivity contribution < 1.29 is 23.0 Å². The molecule has 0 saturated heterocycles. The Kier molecular flexibility index (Phi) is 4.58. The number of anilines is 2. The number of nitrogens with zero attached hydrogens (tertiary/aromatic N) is 1. The van der Waals surface area contributed by atoms with Gasteiger partial charge in [0.2, 0.25) is 0 Å². The van der Waals surface area contributed by atoms with E-state index in [-0.39, 0.29) is 35.8 Å². The number of pyridine rings is 1. The molecule has 31 heavy (non-hydrogen) atoms. The number of carbonyl (C=O) groups excluding carboxylic acids is 1. The van der Waals surface area contributed by atoms with Crippen LogP contribution in [0.25, 0.3) is 0 Å². The SMILES string of the molecule is Nc1ccc(Oc2ccc(NC(=O)N[C@@H]3[C@H]4COc5c(F)ccc(F)c5[C@@H]43)nc2)cc1. The van der Waals surface area contributed by atoms with Gasteiger partial charge >= 0.3 is 6.03 Å². The van der Waals surface area contributed by atoms with Crippen LogP contribution < -0.4 is 25.8 Å². The van der Waals surface area contributed by atoms with Gasteiger partial charge in [-0.2, -0.15) is 0 Å². The van der Waals surface area contributed by atoms with Gasteiger partial charge in [0.1, 0.15) is 23.1 Å². The van der Waals surface area contributed by atoms with Gasteiger partial charge in [0.15, 0.2) is 11.6 Å². The van der Waals surface area contributed by atoms with Crippen LogP contribution in [0.5, 0.6) is 17.2 Å². The maximum absolute atomic E-state index is 14.2. The molecule has 1 fully saturated rings. The van der Waals surface area contributed by atoms with Gasteiger partial charge in [-0.05, 0) is 48.5 Å². The highest BCUT2D eigenvalue weighted by atomic mass is 19.1. The molecule has 0 bridgehead atoms. The first-order valence-corrected chi connectivity index (χ1v) is 9.67. The molecule has 3 aromatic rings. The van der Waals surface area contributed by atoms with Gasteiger partial charge < -0.3 is 20.5 Å². The summed E-state index contributed by atoms with van der Waals surface area (Å²) in [7, 11) is 0. The third kappa shape index (κ3) is 3.70. The number of fused-ring (bicyclic) bond motifs is 3. The summed E-state index contributed by atoms with van der Waals surface area (Å²) in [6.07, 6.45) is 1.48. The lowest BCUT2D eigenvalue weighted by atomic mass is 10.0. The molecule has 1 aliphatic heterocycles. The van der Waals surface area contributed by atoms with Crippen LogP contribution in [-0.4, -0.2) is 23.7 Å². The van der Waals surface area contributed by atoms with Gasteiger partial charge in [0.25, 0.3) is 0 Å². The normalized spacial score (nSPS) is 20.6. The minimum absolute atomic E-state index is 0.0654. The first-order chi connectivity index (χ1) is 15.0. The van der Waals surface area contributed by atoms with Crippen LogP contribution >= 0.6 is 0 Å². The fourth-order valence-electron chi connectivity index (χ4n) is 3.85. The van der Waals surface area contributed by atoms with Crippen molar-refractivity contribution in [2.75, 3.05) is 17.7 Å². The Morgan fingerprint density at radius 3 is 2.55 bits per heavy atom. The number of benzene rings is 2. The Morgan fingerprint density at radius 2 is 1.81 bits per heavy atom. The monoisotopic (exact) mass is 424 g/mol. The lowest BCUT2D eigenvalue weighted by Crippen LogP contribution is -2.32. The van der Waals surface area contributed by atoms with Crippen molar-refractivity contribution in [3.05, 3.63) is 71.9 Å². The predicted molar refractivity (Wildman–Crippen MR) is 109 cm³/mol. The van der Waals surface area contributed by atoms with Crippen LogP contribution in [0.2, 0.25) is 0 Å². The number of hydrogen-bond acceptors (Lipinski definition) is 5. The number of carbonyl (C=O) groups is 1. The number of aromatic nitrogens is 1. The number of nitrogens with two attached hydrogens (primary N) is 1. The van der Waals surface area contributed by atoms with Crippen LogP contribution in [0.1, 0.15) is 11.5 Å². The molecular weight excluding hydrogens is 406 g/mol. The summed E-state index contributed by atoms with van der Waals surface area (Å²) in [5.74, 6) is -0.187. The molecule has 0 radical (unpaired) electrons. The maximum atomic E-state index is 14.2. The second-order valence-electron chi connectivity index (χ2n) is 7.45. The smallest absolute Gasteiger partial charge is 0.320 e. The number of rotatable bonds is 4. The van der Waals surface area contributed by atoms with Crippen LogP contribution in [0.4, 0.5) is 25.1 Å². The minimum atomic E-state index is -0.601. The number of nitrogen functional groups attached to an aromatic ring is 1. The van der Waals surface area contributed by atoms with Crippen molar-refractivity contribution in [2.24, 2.45) is 5.92 Å². The Bertz CT molecular complexity index is 1140. The highest BCUT2D eigenvalue weighted by molar-refractivity contribution is 5.89. The average Bonchev–Trinajstić information content (AvgIpc) is 3.46. The zero-order chi connectivity index (χ0) is 21.5. The van der Waals surface area contributed by atoms with Gasteiger partial charge in [-0.3, -0.25) is 5.32 Å². The summed E-state index contributed by atoms with van der Waals surface area (Å²) in [5, 5.41) is 5.42. The molecule has 7 nitrogen and oxygen atoms in total. The molecule has 4 N–H and O–H groups in total. The van der Waals surface area contributed by atoms with E-state index in [9.17, 15) is 13.6 Å². The summed E-state index contributed by atoms with van der Waals surface area (Å²) in [6, 6.07) is 11.5. The van der Waals surface area contributed by atoms with Crippen LogP contribution in [-0.2, 0) is 0 Å². The third-order valence-electron chi connectivity index (χ3n) is 5.41. The standard InChI is InChI=1S/C22H18F2N4O3/c23-15-6-7-16(24)21-19(15)18-14(10-30-21)20(18)28-22(29)27-17-8-5-13(9-26-17)31-12-3-1-11(25)2-4-12/h1-9,14,18,20H,10,25H2,(H2,26,27,28,29)/t14-,18+,20+/m0/s1. The molecule has 1 saturated carbocycles. The predicted octanol–water partition coefficient (Wildman–Crippen LogP) is 4.03. The van der Waals surface area contributed by atoms with Crippen LogP contribution in [0.3, 0.4) is 0 Å². The molecule has 1 aliphatic carbocycles. The molecular formula is C22H18F2N4O3. The van der Waals surface area contributed by atoms with Crippen molar-refractivity contribution in [2.45, 2.75) is 12.0 Å². The Morgan fingerprint density at radius 1 is 1.06 bits per heavy atom. The molecule has 0 unspecified atom stereocenters. The van der Waals surface area contributed by atoms with E-state index < -0.39 is 17.7 Å². The minimum Gasteiger partial charge on any atom is -0.490 e. The molecule has 5 rings (SSSR count). The van der Waals surface area contributed by atoms with Crippen LogP contribution in [0, 0.1) is 17.6 Å². The van der Waals surface area contributed by atoms with Gasteiger partial charge in [-0.15, -0.1) is 0 Å². The Hall–Kier alpha value is -3.88. The van der Waals surface area contributed by atoms with Crippen molar-refractivity contribution in [3.8, 4) is 17.2 Å². The van der Waals surface area contributed by atoms with Crippen molar-refractivity contribution >= 4 is 17.5 Å². The summed E-state index contributed by atoms with van der Waals surface area (Å²) in [4.78, 5) is 16.5. The van der Waals surface area contributed by atoms with Gasteiger partial charge in [0, 0.05) is 29.1 Å². The molecule has 2 heterocycles. The van der Waals surface area contributed by atoms with Crippen molar-refractivity contribution in [1.82, 2.24) is 10.3 Å². The first-order valence-electron chi connectivity index (χ1n) is 9.67. The van der Waals surface area contributed by atoms with E-state index in [0.717, 1.165) is 12.1 Å². The van der Waals surface area contributed by atoms with E-state index in [1.165, 1.54) is 6.20 Å². The highest BCUT2D eigenvalue weighted by Crippen LogP contribution is 2.55. The highest BCUT2D eigenvalue weighted by Gasteiger charge is 2.57. The molecule has 2 amide bonds. The molecule has 1 aromatic heterocycles. The second kappa shape index (κ2) is 7.42. The zero-order valence-corrected chi connectivity index (χ0v) is 16.1. The van der Waals surface area contributed by atoms with E-state index in [0.29, 0.717) is 23.0 Å². The number of amides is 2. The lowest BCUT2D eigenvalue weighted by molar-refractivity contribution is 0.247. The molecule has 158 valence electrons. The van der Waals surface area contributed by atoms with Crippen molar-refractivity contribution in [3.63, 3.8) is 0 Å². The van der Waals surface area contributed by atoms with E-state index in [1.54, 1.807) is 36.4 Å². The quantitative estimate of drug-likeness (QED) is 0.550. The maximum Gasteiger partial charge on any atom is 0.320 e. The molecule has 3 atom stereocenters. The number of hydrogen-bond donors (Lipinski definition) is 3. The van der Waals surface area contributed by atoms with E-state index >= 15 is 0 Å². The molecule has 9 heteroatoms. The van der Waals surface area contributed by atoms with Gasteiger partial charge in [0.05, 0.1) is 12.8 Å². The Balaban J connectivity index is 1.20. The summed E-state index contributed by atoms with van der Waals surface area (Å²) in [5.41, 5.74) is 6.46. The number of halogens is 2. The summed E-state index contributed by atoms with van der Waals surface area (Å²) in [6.45, 7) is 0.221. The van der Waals surface area contributed by atoms with E-state index in [2.05, 4.69) is 15.6 Å². The summed E-state index contributed by atoms with van der Waals surface area (Å²) < 4.78 is 39.1. The van der Waals surface area contributed by atoms with Crippen LogP contribution in [0.15, 0.2) is 54.7 Å². The van der Waals surface area contributed by atoms with Gasteiger partial charge in [-0.1, -0.05) is 0 Å². The third-order valence-corrected chi connectivity index (χ3v) is 5.41. The second-order valence-corrected chi connectivity index (χ2v) is 7.45. The molecule has 2 aromatic carbocycles. The number of nitrogens with one attached hydrogen (secondary N) is 2. The van der Waals surface area contributed by atoms with Gasteiger partial charge in [-0.25, -0.2) is 18.6 Å². The average molecular weight is 424 g/mol. The molecule has 2 aliphatic rings. The van der Waals surface area contributed by atoms with Crippen molar-refractivity contribution in [1.29, 1.82) is 0 Å². The largest absolute Gasteiger partial charge is 0.490 e. The first kappa shape index (κ1) is 19.1. The summed E-state index contributed by atoms with van der Waals surface area (Å²) >= 11 is 0. The topological polar surface area (TPSA) is 98.5 Å². The zero-order valence-electron chi connectivity index (χ0n) is 16.1. The number of urea groups is 1.